The molecule has 2 aromatic rings. The second kappa shape index (κ2) is 7.37. The summed E-state index contributed by atoms with van der Waals surface area (Å²) < 4.78 is 26.9. The van der Waals surface area contributed by atoms with E-state index >= 15 is 0 Å². The minimum atomic E-state index is -3.39. The number of carbonyl (C=O) groups excluding carboxylic acids is 1. The molecule has 2 heterocycles. The van der Waals surface area contributed by atoms with Crippen LogP contribution in [0.2, 0.25) is 0 Å². The molecule has 1 aliphatic rings. The van der Waals surface area contributed by atoms with Crippen LogP contribution >= 0.6 is 0 Å². The highest BCUT2D eigenvalue weighted by atomic mass is 32.2. The molecule has 1 atom stereocenters. The highest BCUT2D eigenvalue weighted by Gasteiger charge is 2.34. The van der Waals surface area contributed by atoms with Gasteiger partial charge in [-0.15, -0.1) is 0 Å². The lowest BCUT2D eigenvalue weighted by molar-refractivity contribution is -0.120. The molecule has 0 radical (unpaired) electrons. The van der Waals surface area contributed by atoms with Gasteiger partial charge < -0.3 is 5.32 Å². The van der Waals surface area contributed by atoms with Gasteiger partial charge in [-0.25, -0.2) is 8.42 Å². The summed E-state index contributed by atoms with van der Waals surface area (Å²) in [7, 11) is -3.39. The molecule has 3 rings (SSSR count). The predicted molar refractivity (Wildman–Crippen MR) is 95.6 cm³/mol. The van der Waals surface area contributed by atoms with E-state index in [-0.39, 0.29) is 5.91 Å². The molecule has 1 unspecified atom stereocenters. The molecule has 1 saturated heterocycles. The highest BCUT2D eigenvalue weighted by molar-refractivity contribution is 7.88. The van der Waals surface area contributed by atoms with Crippen LogP contribution < -0.4 is 5.32 Å². The molecular formula is C17H22N4O3S. The van der Waals surface area contributed by atoms with Crippen LogP contribution in [0.25, 0.3) is 0 Å². The Bertz CT molecular complexity index is 816. The first kappa shape index (κ1) is 17.6. The molecule has 1 aliphatic heterocycles. The first-order chi connectivity index (χ1) is 11.9. The van der Waals surface area contributed by atoms with Gasteiger partial charge in [0.05, 0.1) is 12.8 Å². The number of sulfonamides is 1. The van der Waals surface area contributed by atoms with Gasteiger partial charge >= 0.3 is 0 Å². The second-order valence-electron chi connectivity index (χ2n) is 6.28. The van der Waals surface area contributed by atoms with Crippen molar-refractivity contribution in [2.75, 3.05) is 18.1 Å². The first-order valence-corrected chi connectivity index (χ1v) is 10.1. The van der Waals surface area contributed by atoms with Crippen molar-refractivity contribution in [1.29, 1.82) is 0 Å². The minimum Gasteiger partial charge on any atom is -0.325 e. The van der Waals surface area contributed by atoms with Gasteiger partial charge in [0.15, 0.2) is 0 Å². The maximum Gasteiger partial charge on any atom is 0.242 e. The van der Waals surface area contributed by atoms with E-state index in [1.165, 1.54) is 4.31 Å². The van der Waals surface area contributed by atoms with Crippen molar-refractivity contribution >= 4 is 21.6 Å². The number of carbonyl (C=O) groups is 1. The van der Waals surface area contributed by atoms with Crippen LogP contribution in [-0.4, -0.2) is 47.3 Å². The van der Waals surface area contributed by atoms with Gasteiger partial charge in [0.25, 0.3) is 0 Å². The lowest BCUT2D eigenvalue weighted by Gasteiger charge is -2.32. The Morgan fingerprint density at radius 1 is 1.28 bits per heavy atom. The second-order valence-corrected chi connectivity index (χ2v) is 8.21. The van der Waals surface area contributed by atoms with Gasteiger partial charge in [0.2, 0.25) is 15.9 Å². The molecule has 1 amide bonds. The van der Waals surface area contributed by atoms with Crippen molar-refractivity contribution in [3.05, 3.63) is 48.3 Å². The molecule has 1 aromatic heterocycles. The molecule has 7 nitrogen and oxygen atoms in total. The summed E-state index contributed by atoms with van der Waals surface area (Å²) >= 11 is 0. The molecular weight excluding hydrogens is 340 g/mol. The van der Waals surface area contributed by atoms with Crippen molar-refractivity contribution in [3.63, 3.8) is 0 Å². The third kappa shape index (κ3) is 4.46. The van der Waals surface area contributed by atoms with E-state index in [2.05, 4.69) is 10.4 Å². The van der Waals surface area contributed by atoms with Crippen molar-refractivity contribution < 1.29 is 13.2 Å². The smallest absolute Gasteiger partial charge is 0.242 e. The van der Waals surface area contributed by atoms with Crippen molar-refractivity contribution in [3.8, 4) is 0 Å². The third-order valence-electron chi connectivity index (χ3n) is 4.31. The van der Waals surface area contributed by atoms with E-state index in [4.69, 9.17) is 0 Å². The number of rotatable bonds is 5. The fourth-order valence-corrected chi connectivity index (χ4v) is 4.19. The monoisotopic (exact) mass is 362 g/mol. The Morgan fingerprint density at radius 3 is 2.68 bits per heavy atom. The average Bonchev–Trinajstić information content (AvgIpc) is 3.09. The predicted octanol–water partition coefficient (Wildman–Crippen LogP) is 1.68. The third-order valence-corrected chi connectivity index (χ3v) is 5.60. The zero-order valence-electron chi connectivity index (χ0n) is 14.1. The first-order valence-electron chi connectivity index (χ1n) is 8.27. The largest absolute Gasteiger partial charge is 0.325 e. The van der Waals surface area contributed by atoms with Gasteiger partial charge in [-0.3, -0.25) is 9.48 Å². The van der Waals surface area contributed by atoms with Crippen LogP contribution in [0.1, 0.15) is 24.8 Å². The average molecular weight is 362 g/mol. The van der Waals surface area contributed by atoms with Gasteiger partial charge in [-0.1, -0.05) is 18.6 Å². The van der Waals surface area contributed by atoms with E-state index in [0.29, 0.717) is 25.2 Å². The van der Waals surface area contributed by atoms with Crippen LogP contribution in [0, 0.1) is 0 Å². The summed E-state index contributed by atoms with van der Waals surface area (Å²) in [6.45, 7) is 1.06. The standard InChI is InChI=1S/C17H22N4O3S/c1-25(23,24)21-12-3-2-5-16(21)17(22)19-15-8-6-14(7-9-15)13-20-11-4-10-18-20/h4,6-11,16H,2-3,5,12-13H2,1H3,(H,19,22). The molecule has 1 fully saturated rings. The number of anilines is 1. The number of hydrogen-bond donors (Lipinski definition) is 1. The maximum atomic E-state index is 12.5. The van der Waals surface area contributed by atoms with Crippen LogP contribution in [0.15, 0.2) is 42.7 Å². The SMILES string of the molecule is CS(=O)(=O)N1CCCCC1C(=O)Nc1ccc(Cn2cccn2)cc1. The summed E-state index contributed by atoms with van der Waals surface area (Å²) in [4.78, 5) is 12.5. The Morgan fingerprint density at radius 2 is 2.04 bits per heavy atom. The number of hydrogen-bond acceptors (Lipinski definition) is 4. The number of amides is 1. The molecule has 0 bridgehead atoms. The van der Waals surface area contributed by atoms with Crippen molar-refractivity contribution in [2.45, 2.75) is 31.8 Å². The molecule has 0 spiro atoms. The molecule has 25 heavy (non-hydrogen) atoms. The molecule has 0 aliphatic carbocycles. The fourth-order valence-electron chi connectivity index (χ4n) is 3.06. The highest BCUT2D eigenvalue weighted by Crippen LogP contribution is 2.21. The Kier molecular flexibility index (Phi) is 5.19. The summed E-state index contributed by atoms with van der Waals surface area (Å²) in [5.41, 5.74) is 1.73. The molecule has 1 aromatic carbocycles. The molecule has 1 N–H and O–H groups in total. The van der Waals surface area contributed by atoms with Crippen molar-refractivity contribution in [2.24, 2.45) is 0 Å². The van der Waals surface area contributed by atoms with E-state index in [0.717, 1.165) is 24.7 Å². The number of aromatic nitrogens is 2. The summed E-state index contributed by atoms with van der Waals surface area (Å²) in [6.07, 6.45) is 6.97. The van der Waals surface area contributed by atoms with E-state index in [9.17, 15) is 13.2 Å². The number of benzene rings is 1. The zero-order valence-corrected chi connectivity index (χ0v) is 14.9. The molecule has 8 heteroatoms. The van der Waals surface area contributed by atoms with Gasteiger partial charge in [-0.2, -0.15) is 9.40 Å². The normalized spacial score (nSPS) is 18.8. The van der Waals surface area contributed by atoms with Gasteiger partial charge in [0, 0.05) is 24.6 Å². The number of piperidine rings is 1. The van der Waals surface area contributed by atoms with Crippen LogP contribution in [-0.2, 0) is 21.4 Å². The van der Waals surface area contributed by atoms with Gasteiger partial charge in [0.1, 0.15) is 6.04 Å². The van der Waals surface area contributed by atoms with Crippen LogP contribution in [0.4, 0.5) is 5.69 Å². The quantitative estimate of drug-likeness (QED) is 0.877. The Balaban J connectivity index is 1.65. The fraction of sp³-hybridized carbons (Fsp3) is 0.412. The Labute approximate surface area is 147 Å². The van der Waals surface area contributed by atoms with E-state index in [1.807, 2.05) is 41.2 Å². The summed E-state index contributed by atoms with van der Waals surface area (Å²) in [5.74, 6) is -0.273. The van der Waals surface area contributed by atoms with E-state index < -0.39 is 16.1 Å². The number of nitrogens with zero attached hydrogens (tertiary/aromatic N) is 3. The van der Waals surface area contributed by atoms with Crippen molar-refractivity contribution in [1.82, 2.24) is 14.1 Å². The van der Waals surface area contributed by atoms with Gasteiger partial charge in [-0.05, 0) is 36.6 Å². The summed E-state index contributed by atoms with van der Waals surface area (Å²) in [6, 6.07) is 8.73. The minimum absolute atomic E-state index is 0.273. The summed E-state index contributed by atoms with van der Waals surface area (Å²) in [5, 5.41) is 6.99. The topological polar surface area (TPSA) is 84.3 Å². The molecule has 134 valence electrons. The lowest BCUT2D eigenvalue weighted by Crippen LogP contribution is -2.49. The molecule has 0 saturated carbocycles. The maximum absolute atomic E-state index is 12.5. The Hall–Kier alpha value is -2.19. The van der Waals surface area contributed by atoms with E-state index in [1.54, 1.807) is 6.20 Å². The zero-order chi connectivity index (χ0) is 17.9. The van der Waals surface area contributed by atoms with Crippen LogP contribution in [0.5, 0.6) is 0 Å². The lowest BCUT2D eigenvalue weighted by atomic mass is 10.0. The number of nitrogens with one attached hydrogen (secondary N) is 1. The van der Waals surface area contributed by atoms with Crippen LogP contribution in [0.3, 0.4) is 0 Å².